The molecule has 0 spiro atoms. The fourth-order valence-corrected chi connectivity index (χ4v) is 4.78. The molecule has 0 bridgehead atoms. The van der Waals surface area contributed by atoms with Gasteiger partial charge in [-0.15, -0.1) is 0 Å². The molecule has 0 saturated carbocycles. The number of pyridine rings is 1. The van der Waals surface area contributed by atoms with E-state index in [1.54, 1.807) is 43.0 Å². The molecule has 1 atom stereocenters. The lowest BCUT2D eigenvalue weighted by molar-refractivity contribution is -0.108. The van der Waals surface area contributed by atoms with Gasteiger partial charge in [-0.05, 0) is 48.0 Å². The summed E-state index contributed by atoms with van der Waals surface area (Å²) in [5.41, 5.74) is 4.81. The van der Waals surface area contributed by atoms with Crippen molar-refractivity contribution in [1.82, 2.24) is 24.1 Å². The molecule has 4 aromatic heterocycles. The zero-order valence-corrected chi connectivity index (χ0v) is 21.1. The SMILES string of the molecule is Cn1c(-c2ccc(-n3ccnc3)cc2)cnc1[C@H](Cc1ccccn1)N(C=O)c1cc2cc(C=O)ccc2o1. The first-order chi connectivity index (χ1) is 19.1. The highest BCUT2D eigenvalue weighted by atomic mass is 16.4. The van der Waals surface area contributed by atoms with Crippen LogP contribution in [0.15, 0.2) is 102 Å². The van der Waals surface area contributed by atoms with Crippen molar-refractivity contribution in [2.75, 3.05) is 4.90 Å². The average Bonchev–Trinajstić information content (AvgIpc) is 3.73. The lowest BCUT2D eigenvalue weighted by Gasteiger charge is -2.26. The summed E-state index contributed by atoms with van der Waals surface area (Å²) < 4.78 is 9.98. The standard InChI is InChI=1S/C30H24N6O3/c1-34-27(22-6-8-25(9-7-22)35-13-12-31-19-35)17-33-30(34)26(16-24-4-2-3-11-32-24)36(20-38)29-15-23-14-21(18-37)5-10-28(23)39-29/h2-15,17-20,26H,16H2,1H3/t26-/m0/s1. The largest absolute Gasteiger partial charge is 0.440 e. The van der Waals surface area contributed by atoms with E-state index < -0.39 is 6.04 Å². The number of hydrogen-bond donors (Lipinski definition) is 0. The van der Waals surface area contributed by atoms with Crippen molar-refractivity contribution in [3.63, 3.8) is 0 Å². The highest BCUT2D eigenvalue weighted by molar-refractivity contribution is 5.89. The number of imidazole rings is 2. The number of carbonyl (C=O) groups excluding carboxylic acids is 2. The number of amides is 1. The molecule has 9 heteroatoms. The van der Waals surface area contributed by atoms with Gasteiger partial charge >= 0.3 is 0 Å². The number of carbonyl (C=O) groups is 2. The molecule has 0 saturated heterocycles. The summed E-state index contributed by atoms with van der Waals surface area (Å²) >= 11 is 0. The summed E-state index contributed by atoms with van der Waals surface area (Å²) in [5, 5.41) is 0.733. The zero-order chi connectivity index (χ0) is 26.8. The molecule has 192 valence electrons. The van der Waals surface area contributed by atoms with Crippen LogP contribution in [-0.2, 0) is 18.3 Å². The maximum absolute atomic E-state index is 12.6. The molecular formula is C30H24N6O3. The lowest BCUT2D eigenvalue weighted by Crippen LogP contribution is -2.31. The number of anilines is 1. The maximum atomic E-state index is 12.6. The Morgan fingerprint density at radius 2 is 1.87 bits per heavy atom. The third-order valence-corrected chi connectivity index (χ3v) is 6.78. The molecule has 6 rings (SSSR count). The highest BCUT2D eigenvalue weighted by Gasteiger charge is 2.29. The van der Waals surface area contributed by atoms with Gasteiger partial charge in [-0.3, -0.25) is 19.5 Å². The minimum absolute atomic E-state index is 0.359. The fourth-order valence-electron chi connectivity index (χ4n) is 4.78. The molecular weight excluding hydrogens is 492 g/mol. The second-order valence-corrected chi connectivity index (χ2v) is 9.13. The van der Waals surface area contributed by atoms with Crippen LogP contribution in [0.25, 0.3) is 27.9 Å². The Bertz CT molecular complexity index is 1740. The number of aldehydes is 1. The van der Waals surface area contributed by atoms with Crippen LogP contribution in [0, 0.1) is 0 Å². The number of benzene rings is 2. The molecule has 0 aliphatic carbocycles. The molecule has 0 N–H and O–H groups in total. The molecule has 39 heavy (non-hydrogen) atoms. The second-order valence-electron chi connectivity index (χ2n) is 9.13. The lowest BCUT2D eigenvalue weighted by atomic mass is 10.1. The third kappa shape index (κ3) is 4.61. The van der Waals surface area contributed by atoms with E-state index >= 15 is 0 Å². The van der Waals surface area contributed by atoms with E-state index in [0.29, 0.717) is 29.3 Å². The molecule has 0 radical (unpaired) electrons. The van der Waals surface area contributed by atoms with Crippen LogP contribution in [0.3, 0.4) is 0 Å². The maximum Gasteiger partial charge on any atom is 0.217 e. The molecule has 9 nitrogen and oxygen atoms in total. The average molecular weight is 517 g/mol. The summed E-state index contributed by atoms with van der Waals surface area (Å²) in [5.74, 6) is 1.04. The molecule has 0 unspecified atom stereocenters. The van der Waals surface area contributed by atoms with Gasteiger partial charge in [0.1, 0.15) is 23.7 Å². The van der Waals surface area contributed by atoms with Gasteiger partial charge in [0.25, 0.3) is 0 Å². The van der Waals surface area contributed by atoms with Crippen molar-refractivity contribution in [1.29, 1.82) is 0 Å². The Kier molecular flexibility index (Phi) is 6.30. The highest BCUT2D eigenvalue weighted by Crippen LogP contribution is 2.34. The number of fused-ring (bicyclic) bond motifs is 1. The van der Waals surface area contributed by atoms with Crippen LogP contribution in [0.1, 0.15) is 27.9 Å². The van der Waals surface area contributed by atoms with Crippen molar-refractivity contribution in [3.05, 3.63) is 115 Å². The molecule has 1 amide bonds. The molecule has 0 fully saturated rings. The van der Waals surface area contributed by atoms with Crippen molar-refractivity contribution in [2.45, 2.75) is 12.5 Å². The van der Waals surface area contributed by atoms with Crippen LogP contribution in [-0.4, -0.2) is 36.8 Å². The van der Waals surface area contributed by atoms with Crippen LogP contribution in [0.4, 0.5) is 5.88 Å². The van der Waals surface area contributed by atoms with Crippen molar-refractivity contribution >= 4 is 29.5 Å². The molecule has 4 heterocycles. The fraction of sp³-hybridized carbons (Fsp3) is 0.100. The number of hydrogen-bond acceptors (Lipinski definition) is 6. The normalized spacial score (nSPS) is 11.9. The quantitative estimate of drug-likeness (QED) is 0.246. The summed E-state index contributed by atoms with van der Waals surface area (Å²) in [7, 11) is 1.94. The monoisotopic (exact) mass is 516 g/mol. The third-order valence-electron chi connectivity index (χ3n) is 6.78. The topological polar surface area (TPSA) is 99.0 Å². The van der Waals surface area contributed by atoms with E-state index in [2.05, 4.69) is 9.97 Å². The predicted molar refractivity (Wildman–Crippen MR) is 147 cm³/mol. The Balaban J connectivity index is 1.40. The van der Waals surface area contributed by atoms with Crippen molar-refractivity contribution in [2.24, 2.45) is 7.05 Å². The molecule has 2 aromatic carbocycles. The smallest absolute Gasteiger partial charge is 0.217 e. The van der Waals surface area contributed by atoms with Gasteiger partial charge < -0.3 is 13.6 Å². The van der Waals surface area contributed by atoms with Crippen LogP contribution >= 0.6 is 0 Å². The Morgan fingerprint density at radius 3 is 2.59 bits per heavy atom. The van der Waals surface area contributed by atoms with Crippen LogP contribution < -0.4 is 4.90 Å². The first kappa shape index (κ1) is 24.1. The van der Waals surface area contributed by atoms with Crippen LogP contribution in [0.2, 0.25) is 0 Å². The van der Waals surface area contributed by atoms with Crippen LogP contribution in [0.5, 0.6) is 0 Å². The predicted octanol–water partition coefficient (Wildman–Crippen LogP) is 5.17. The second kappa shape index (κ2) is 10.2. The molecule has 6 aromatic rings. The number of nitrogens with zero attached hydrogens (tertiary/aromatic N) is 6. The van der Waals surface area contributed by atoms with Gasteiger partial charge in [0.05, 0.1) is 18.2 Å². The first-order valence-corrected chi connectivity index (χ1v) is 12.4. The molecule has 0 aliphatic heterocycles. The summed E-state index contributed by atoms with van der Waals surface area (Å²) in [4.78, 5) is 38.8. The Hall–Kier alpha value is -5.31. The summed E-state index contributed by atoms with van der Waals surface area (Å²) in [6, 6.07) is 20.2. The van der Waals surface area contributed by atoms with Gasteiger partial charge in [-0.25, -0.2) is 9.97 Å². The molecule has 0 aliphatic rings. The summed E-state index contributed by atoms with van der Waals surface area (Å²) in [6.07, 6.45) is 10.9. The van der Waals surface area contributed by atoms with E-state index in [-0.39, 0.29) is 0 Å². The number of rotatable bonds is 9. The van der Waals surface area contributed by atoms with Crippen molar-refractivity contribution in [3.8, 4) is 16.9 Å². The van der Waals surface area contributed by atoms with E-state index in [4.69, 9.17) is 9.40 Å². The zero-order valence-electron chi connectivity index (χ0n) is 21.1. The first-order valence-electron chi connectivity index (χ1n) is 12.4. The van der Waals surface area contributed by atoms with Gasteiger partial charge in [0.2, 0.25) is 12.3 Å². The van der Waals surface area contributed by atoms with Gasteiger partial charge in [0.15, 0.2) is 0 Å². The van der Waals surface area contributed by atoms with E-state index in [0.717, 1.165) is 40.7 Å². The van der Waals surface area contributed by atoms with E-state index in [9.17, 15) is 9.59 Å². The van der Waals surface area contributed by atoms with Gasteiger partial charge in [-0.1, -0.05) is 18.2 Å². The van der Waals surface area contributed by atoms with Gasteiger partial charge in [0, 0.05) is 60.5 Å². The van der Waals surface area contributed by atoms with E-state index in [1.807, 2.05) is 71.0 Å². The van der Waals surface area contributed by atoms with Gasteiger partial charge in [-0.2, -0.15) is 0 Å². The summed E-state index contributed by atoms with van der Waals surface area (Å²) in [6.45, 7) is 0. The Morgan fingerprint density at radius 1 is 1.00 bits per heavy atom. The number of furan rings is 1. The minimum Gasteiger partial charge on any atom is -0.440 e. The minimum atomic E-state index is -0.507. The van der Waals surface area contributed by atoms with E-state index in [1.165, 1.54) is 4.90 Å². The Labute approximate surface area is 224 Å². The number of aromatic nitrogens is 5. The van der Waals surface area contributed by atoms with Crippen molar-refractivity contribution < 1.29 is 14.0 Å².